The van der Waals surface area contributed by atoms with Gasteiger partial charge in [-0.1, -0.05) is 66.8 Å². The summed E-state index contributed by atoms with van der Waals surface area (Å²) in [7, 11) is 0. The molecule has 1 amide bonds. The number of hydrogen-bond acceptors (Lipinski definition) is 7. The number of nitro benzene ring substituents is 1. The second kappa shape index (κ2) is 8.77. The molecule has 35 heavy (non-hydrogen) atoms. The molecule has 1 saturated heterocycles. The molecule has 8 nitrogen and oxygen atoms in total. The Morgan fingerprint density at radius 2 is 1.86 bits per heavy atom. The fourth-order valence-corrected chi connectivity index (χ4v) is 5.24. The molecule has 0 bridgehead atoms. The van der Waals surface area contributed by atoms with Crippen molar-refractivity contribution in [3.05, 3.63) is 105 Å². The summed E-state index contributed by atoms with van der Waals surface area (Å²) in [5.41, 5.74) is 2.13. The number of Topliss-reactive ketones (excluding diaryl/α,β-unsaturated/α-hetero) is 1. The lowest BCUT2D eigenvalue weighted by atomic mass is 9.95. The van der Waals surface area contributed by atoms with E-state index in [1.54, 1.807) is 36.4 Å². The van der Waals surface area contributed by atoms with E-state index in [0.29, 0.717) is 16.6 Å². The van der Waals surface area contributed by atoms with E-state index in [1.807, 2.05) is 25.1 Å². The third kappa shape index (κ3) is 3.85. The Bertz CT molecular complexity index is 1530. The maximum atomic E-state index is 13.3. The average molecular weight is 486 g/mol. The summed E-state index contributed by atoms with van der Waals surface area (Å²) in [5, 5.41) is 22.8. The number of nitro groups is 1. The molecular weight excluding hydrogens is 466 g/mol. The third-order valence-electron chi connectivity index (χ3n) is 5.94. The van der Waals surface area contributed by atoms with Crippen molar-refractivity contribution in [1.29, 1.82) is 0 Å². The van der Waals surface area contributed by atoms with Crippen LogP contribution in [0.1, 0.15) is 29.7 Å². The van der Waals surface area contributed by atoms with Crippen LogP contribution >= 0.6 is 11.3 Å². The quantitative estimate of drug-likeness (QED) is 0.133. The molecule has 0 radical (unpaired) electrons. The van der Waals surface area contributed by atoms with Crippen molar-refractivity contribution in [2.75, 3.05) is 4.90 Å². The number of amides is 1. The van der Waals surface area contributed by atoms with Crippen molar-refractivity contribution in [1.82, 2.24) is 4.98 Å². The van der Waals surface area contributed by atoms with Crippen LogP contribution in [0.15, 0.2) is 78.4 Å². The summed E-state index contributed by atoms with van der Waals surface area (Å²) < 4.78 is 0.849. The number of anilines is 1. The minimum Gasteiger partial charge on any atom is -0.507 e. The number of aliphatic hydroxyl groups is 1. The highest BCUT2D eigenvalue weighted by Crippen LogP contribution is 2.44. The van der Waals surface area contributed by atoms with Gasteiger partial charge < -0.3 is 5.11 Å². The van der Waals surface area contributed by atoms with Gasteiger partial charge >= 0.3 is 5.91 Å². The van der Waals surface area contributed by atoms with E-state index < -0.39 is 22.7 Å². The molecule has 1 aromatic heterocycles. The highest BCUT2D eigenvalue weighted by Gasteiger charge is 2.48. The number of carbonyl (C=O) groups excluding carboxylic acids is 2. The van der Waals surface area contributed by atoms with Crippen molar-refractivity contribution in [2.24, 2.45) is 0 Å². The summed E-state index contributed by atoms with van der Waals surface area (Å²) in [6.45, 7) is 2.04. The van der Waals surface area contributed by atoms with E-state index in [2.05, 4.69) is 4.98 Å². The Kier molecular flexibility index (Phi) is 5.62. The number of ketones is 1. The lowest BCUT2D eigenvalue weighted by Gasteiger charge is -2.22. The number of aliphatic hydroxyl groups excluding tert-OH is 1. The lowest BCUT2D eigenvalue weighted by molar-refractivity contribution is -0.384. The largest absolute Gasteiger partial charge is 0.507 e. The highest BCUT2D eigenvalue weighted by molar-refractivity contribution is 7.22. The van der Waals surface area contributed by atoms with Gasteiger partial charge in [-0.2, -0.15) is 0 Å². The number of fused-ring (bicyclic) bond motifs is 1. The predicted molar refractivity (Wildman–Crippen MR) is 133 cm³/mol. The Morgan fingerprint density at radius 3 is 2.57 bits per heavy atom. The van der Waals surface area contributed by atoms with Crippen LogP contribution in [0.3, 0.4) is 0 Å². The number of aromatic nitrogens is 1. The molecule has 9 heteroatoms. The molecule has 1 atom stereocenters. The van der Waals surface area contributed by atoms with Crippen LogP contribution in [-0.2, 0) is 16.0 Å². The van der Waals surface area contributed by atoms with Crippen molar-refractivity contribution in [3.8, 4) is 0 Å². The zero-order valence-electron chi connectivity index (χ0n) is 18.5. The van der Waals surface area contributed by atoms with Gasteiger partial charge in [0.05, 0.1) is 26.8 Å². The molecule has 0 saturated carbocycles. The number of carbonyl (C=O) groups is 2. The van der Waals surface area contributed by atoms with Gasteiger partial charge in [0.2, 0.25) is 0 Å². The second-order valence-corrected chi connectivity index (χ2v) is 9.05. The summed E-state index contributed by atoms with van der Waals surface area (Å²) in [4.78, 5) is 43.3. The number of rotatable bonds is 5. The molecule has 1 aliphatic rings. The van der Waals surface area contributed by atoms with Crippen molar-refractivity contribution >= 4 is 49.8 Å². The van der Waals surface area contributed by atoms with Crippen molar-refractivity contribution in [2.45, 2.75) is 19.4 Å². The van der Waals surface area contributed by atoms with Crippen LogP contribution in [-0.4, -0.2) is 26.7 Å². The van der Waals surface area contributed by atoms with Gasteiger partial charge in [-0.25, -0.2) is 4.98 Å². The van der Waals surface area contributed by atoms with E-state index in [9.17, 15) is 24.8 Å². The lowest BCUT2D eigenvalue weighted by Crippen LogP contribution is -2.29. The first-order chi connectivity index (χ1) is 16.9. The monoisotopic (exact) mass is 485 g/mol. The van der Waals surface area contributed by atoms with Crippen LogP contribution in [0.5, 0.6) is 0 Å². The number of thiazole rings is 1. The third-order valence-corrected chi connectivity index (χ3v) is 6.96. The molecular formula is C26H19N3O5S. The predicted octanol–water partition coefficient (Wildman–Crippen LogP) is 5.39. The molecule has 5 rings (SSSR count). The smallest absolute Gasteiger partial charge is 0.301 e. The second-order valence-electron chi connectivity index (χ2n) is 8.04. The Morgan fingerprint density at radius 1 is 1.09 bits per heavy atom. The fourth-order valence-electron chi connectivity index (χ4n) is 4.19. The van der Waals surface area contributed by atoms with Gasteiger partial charge in [0.15, 0.2) is 5.13 Å². The maximum Gasteiger partial charge on any atom is 0.301 e. The zero-order valence-corrected chi connectivity index (χ0v) is 19.4. The van der Waals surface area contributed by atoms with Crippen molar-refractivity contribution < 1.29 is 19.6 Å². The number of non-ortho nitro benzene ring substituents is 1. The summed E-state index contributed by atoms with van der Waals surface area (Å²) in [5.74, 6) is -2.08. The fraction of sp³-hybridized carbons (Fsp3) is 0.115. The Hall–Kier alpha value is -4.37. The Balaban J connectivity index is 1.74. The van der Waals surface area contributed by atoms with Crippen molar-refractivity contribution in [3.63, 3.8) is 0 Å². The first-order valence-corrected chi connectivity index (χ1v) is 11.7. The van der Waals surface area contributed by atoms with Gasteiger partial charge in [-0.3, -0.25) is 24.6 Å². The van der Waals surface area contributed by atoms with E-state index >= 15 is 0 Å². The van der Waals surface area contributed by atoms with Crippen LogP contribution in [0, 0.1) is 10.1 Å². The van der Waals surface area contributed by atoms with E-state index in [-0.39, 0.29) is 22.2 Å². The van der Waals surface area contributed by atoms with Gasteiger partial charge in [0.1, 0.15) is 5.76 Å². The molecule has 0 aliphatic carbocycles. The molecule has 1 aliphatic heterocycles. The number of hydrogen-bond donors (Lipinski definition) is 1. The van der Waals surface area contributed by atoms with E-state index in [0.717, 1.165) is 16.7 Å². The molecule has 4 aromatic rings. The summed E-state index contributed by atoms with van der Waals surface area (Å²) in [6, 6.07) is 18.8. The number of benzene rings is 3. The first kappa shape index (κ1) is 22.4. The van der Waals surface area contributed by atoms with Gasteiger partial charge in [0, 0.05) is 17.7 Å². The number of nitrogens with zero attached hydrogens (tertiary/aromatic N) is 3. The SMILES string of the molecule is CCc1ccc2nc(N3C(=O)C(=O)/C(=C(/O)c4ccccc4)[C@@H]3c3cccc([N+](=O)[O-])c3)sc2c1. The van der Waals surface area contributed by atoms with Gasteiger partial charge in [-0.05, 0) is 29.7 Å². The van der Waals surface area contributed by atoms with Gasteiger partial charge in [-0.15, -0.1) is 0 Å². The molecule has 174 valence electrons. The molecule has 1 N–H and O–H groups in total. The van der Waals surface area contributed by atoms with Crippen LogP contribution < -0.4 is 4.90 Å². The average Bonchev–Trinajstić information content (AvgIpc) is 3.41. The van der Waals surface area contributed by atoms with E-state index in [4.69, 9.17) is 0 Å². The Labute approximate surface area is 203 Å². The van der Waals surface area contributed by atoms with E-state index in [1.165, 1.54) is 34.4 Å². The normalized spacial score (nSPS) is 17.3. The molecule has 2 heterocycles. The minimum absolute atomic E-state index is 0.143. The summed E-state index contributed by atoms with van der Waals surface area (Å²) in [6.07, 6.45) is 0.832. The summed E-state index contributed by atoms with van der Waals surface area (Å²) >= 11 is 1.25. The number of aryl methyl sites for hydroxylation is 1. The standard InChI is InChI=1S/C26H19N3O5S/c1-2-15-11-12-19-20(13-15)35-26(27-19)28-22(17-9-6-10-18(14-17)29(33)34)21(24(31)25(28)32)23(30)16-7-4-3-5-8-16/h3-14,22,30H,2H2,1H3/b23-21+/t22-/m0/s1. The molecule has 0 spiro atoms. The molecule has 3 aromatic carbocycles. The van der Waals surface area contributed by atoms with Crippen LogP contribution in [0.2, 0.25) is 0 Å². The van der Waals surface area contributed by atoms with Crippen LogP contribution in [0.4, 0.5) is 10.8 Å². The maximum absolute atomic E-state index is 13.3. The minimum atomic E-state index is -1.08. The topological polar surface area (TPSA) is 114 Å². The van der Waals surface area contributed by atoms with Crippen LogP contribution in [0.25, 0.3) is 16.0 Å². The highest BCUT2D eigenvalue weighted by atomic mass is 32.1. The van der Waals surface area contributed by atoms with Gasteiger partial charge in [0.25, 0.3) is 11.5 Å². The first-order valence-electron chi connectivity index (χ1n) is 10.9. The molecule has 0 unspecified atom stereocenters. The zero-order chi connectivity index (χ0) is 24.7. The molecule has 1 fully saturated rings.